The van der Waals surface area contributed by atoms with Crippen LogP contribution in [0.1, 0.15) is 27.7 Å². The summed E-state index contributed by atoms with van der Waals surface area (Å²) in [6, 6.07) is 3.39. The van der Waals surface area contributed by atoms with Gasteiger partial charge in [0.2, 0.25) is 10.0 Å². The van der Waals surface area contributed by atoms with Crippen LogP contribution in [-0.4, -0.2) is 41.0 Å². The molecule has 0 unspecified atom stereocenters. The highest BCUT2D eigenvalue weighted by molar-refractivity contribution is 7.89. The third-order valence-electron chi connectivity index (χ3n) is 2.94. The zero-order valence-electron chi connectivity index (χ0n) is 11.7. The maximum absolute atomic E-state index is 12.5. The molecule has 0 aliphatic rings. The molecule has 8 nitrogen and oxygen atoms in total. The van der Waals surface area contributed by atoms with Crippen molar-refractivity contribution in [1.29, 1.82) is 0 Å². The Morgan fingerprint density at radius 1 is 1.43 bits per heavy atom. The number of rotatable bonds is 5. The summed E-state index contributed by atoms with van der Waals surface area (Å²) < 4.78 is 31.4. The van der Waals surface area contributed by atoms with E-state index in [1.807, 2.05) is 0 Å². The summed E-state index contributed by atoms with van der Waals surface area (Å²) in [6.07, 6.45) is 0. The molecule has 0 spiro atoms. The van der Waals surface area contributed by atoms with Gasteiger partial charge in [0.15, 0.2) is 5.69 Å². The number of carbonyl (C=O) groups is 1. The molecule has 0 saturated carbocycles. The monoisotopic (exact) mass is 313 g/mol. The van der Waals surface area contributed by atoms with E-state index in [0.29, 0.717) is 11.5 Å². The van der Waals surface area contributed by atoms with Gasteiger partial charge in [-0.15, -0.1) is 0 Å². The van der Waals surface area contributed by atoms with E-state index >= 15 is 0 Å². The predicted molar refractivity (Wildman–Crippen MR) is 72.4 cm³/mol. The number of nitrogens with one attached hydrogen (secondary N) is 1. The van der Waals surface area contributed by atoms with Crippen molar-refractivity contribution in [2.75, 3.05) is 7.05 Å². The Balaban J connectivity index is 2.37. The molecule has 2 aromatic rings. The van der Waals surface area contributed by atoms with E-state index in [-0.39, 0.29) is 17.1 Å². The van der Waals surface area contributed by atoms with Crippen LogP contribution in [0.25, 0.3) is 0 Å². The number of sulfonamides is 1. The quantitative estimate of drug-likeness (QED) is 0.855. The SMILES string of the molecule is Cc1ccc(CN(C)S(=O)(=O)c2c(C(=O)O)n[nH]c2C)o1. The van der Waals surface area contributed by atoms with E-state index in [0.717, 1.165) is 4.31 Å². The third-order valence-corrected chi connectivity index (χ3v) is 4.90. The van der Waals surface area contributed by atoms with Crippen LogP contribution < -0.4 is 0 Å². The molecule has 2 aromatic heterocycles. The van der Waals surface area contributed by atoms with Crippen LogP contribution in [0.3, 0.4) is 0 Å². The molecule has 0 aliphatic heterocycles. The molecular formula is C12H15N3O5S. The number of aromatic carboxylic acids is 1. The maximum atomic E-state index is 12.5. The fourth-order valence-corrected chi connectivity index (χ4v) is 3.33. The normalized spacial score (nSPS) is 12.0. The van der Waals surface area contributed by atoms with Gasteiger partial charge in [-0.25, -0.2) is 13.2 Å². The fourth-order valence-electron chi connectivity index (χ4n) is 1.91. The van der Waals surface area contributed by atoms with Crippen molar-refractivity contribution in [2.24, 2.45) is 0 Å². The van der Waals surface area contributed by atoms with Gasteiger partial charge in [0.1, 0.15) is 16.4 Å². The van der Waals surface area contributed by atoms with E-state index < -0.39 is 21.7 Å². The van der Waals surface area contributed by atoms with Crippen molar-refractivity contribution in [3.63, 3.8) is 0 Å². The van der Waals surface area contributed by atoms with Crippen LogP contribution in [0, 0.1) is 13.8 Å². The molecule has 114 valence electrons. The molecule has 0 aromatic carbocycles. The van der Waals surface area contributed by atoms with E-state index in [9.17, 15) is 13.2 Å². The number of hydrogen-bond donors (Lipinski definition) is 2. The predicted octanol–water partition coefficient (Wildman–Crippen LogP) is 1.14. The molecule has 9 heteroatoms. The minimum Gasteiger partial charge on any atom is -0.476 e. The number of hydrogen-bond acceptors (Lipinski definition) is 5. The molecule has 0 amide bonds. The van der Waals surface area contributed by atoms with Crippen LogP contribution in [0.5, 0.6) is 0 Å². The number of nitrogens with zero attached hydrogens (tertiary/aromatic N) is 2. The molecule has 0 bridgehead atoms. The van der Waals surface area contributed by atoms with E-state index in [4.69, 9.17) is 9.52 Å². The van der Waals surface area contributed by atoms with E-state index in [2.05, 4.69) is 10.2 Å². The summed E-state index contributed by atoms with van der Waals surface area (Å²) in [5.74, 6) is -0.265. The molecule has 0 radical (unpaired) electrons. The van der Waals surface area contributed by atoms with Crippen molar-refractivity contribution >= 4 is 16.0 Å². The van der Waals surface area contributed by atoms with Crippen molar-refractivity contribution in [1.82, 2.24) is 14.5 Å². The second-order valence-electron chi connectivity index (χ2n) is 4.60. The Hall–Kier alpha value is -2.13. The average Bonchev–Trinajstić information content (AvgIpc) is 2.95. The van der Waals surface area contributed by atoms with E-state index in [1.54, 1.807) is 19.1 Å². The Labute approximate surface area is 121 Å². The number of carboxylic acid groups (broad SMARTS) is 1. The van der Waals surface area contributed by atoms with Crippen LogP contribution in [0.15, 0.2) is 21.4 Å². The van der Waals surface area contributed by atoms with Crippen molar-refractivity contribution in [3.05, 3.63) is 35.0 Å². The topological polar surface area (TPSA) is 117 Å². The Kier molecular flexibility index (Phi) is 3.88. The highest BCUT2D eigenvalue weighted by Gasteiger charge is 2.32. The first kappa shape index (κ1) is 15.3. The number of carboxylic acids is 1. The summed E-state index contributed by atoms with van der Waals surface area (Å²) in [5.41, 5.74) is -0.343. The number of aromatic amines is 1. The lowest BCUT2D eigenvalue weighted by molar-refractivity contribution is 0.0686. The molecule has 2 N–H and O–H groups in total. The Morgan fingerprint density at radius 3 is 2.62 bits per heavy atom. The number of aryl methyl sites for hydroxylation is 2. The smallest absolute Gasteiger partial charge is 0.357 e. The molecule has 0 fully saturated rings. The summed E-state index contributed by atoms with van der Waals surface area (Å²) in [4.78, 5) is 10.7. The van der Waals surface area contributed by atoms with Crippen LogP contribution in [0.4, 0.5) is 0 Å². The first-order chi connectivity index (χ1) is 9.73. The average molecular weight is 313 g/mol. The largest absolute Gasteiger partial charge is 0.476 e. The summed E-state index contributed by atoms with van der Waals surface area (Å²) >= 11 is 0. The van der Waals surface area contributed by atoms with Crippen molar-refractivity contribution in [3.8, 4) is 0 Å². The lowest BCUT2D eigenvalue weighted by Crippen LogP contribution is -2.28. The number of H-pyrrole nitrogens is 1. The maximum Gasteiger partial charge on any atom is 0.357 e. The van der Waals surface area contributed by atoms with Crippen LogP contribution in [0.2, 0.25) is 0 Å². The van der Waals surface area contributed by atoms with Gasteiger partial charge in [-0.1, -0.05) is 0 Å². The minimum atomic E-state index is -3.99. The van der Waals surface area contributed by atoms with Gasteiger partial charge in [0.25, 0.3) is 0 Å². The summed E-state index contributed by atoms with van der Waals surface area (Å²) in [7, 11) is -2.64. The fraction of sp³-hybridized carbons (Fsp3) is 0.333. The second kappa shape index (κ2) is 5.34. The highest BCUT2D eigenvalue weighted by Crippen LogP contribution is 2.23. The summed E-state index contributed by atoms with van der Waals surface area (Å²) in [5, 5.41) is 14.9. The molecule has 0 aliphatic carbocycles. The van der Waals surface area contributed by atoms with Gasteiger partial charge in [-0.3, -0.25) is 5.10 Å². The third kappa shape index (κ3) is 2.83. The lowest BCUT2D eigenvalue weighted by Gasteiger charge is -2.15. The standard InChI is InChI=1S/C12H15N3O5S/c1-7-4-5-9(20-7)6-15(3)21(18,19)11-8(2)13-14-10(11)12(16)17/h4-5H,6H2,1-3H3,(H,13,14)(H,16,17). The molecule has 0 saturated heterocycles. The first-order valence-corrected chi connectivity index (χ1v) is 7.47. The molecule has 0 atom stereocenters. The van der Waals surface area contributed by atoms with Gasteiger partial charge < -0.3 is 9.52 Å². The molecule has 2 rings (SSSR count). The van der Waals surface area contributed by atoms with Gasteiger partial charge in [0.05, 0.1) is 12.2 Å². The van der Waals surface area contributed by atoms with Gasteiger partial charge in [-0.05, 0) is 26.0 Å². The minimum absolute atomic E-state index is 0.000146. The van der Waals surface area contributed by atoms with Crippen LogP contribution in [-0.2, 0) is 16.6 Å². The summed E-state index contributed by atoms with van der Waals surface area (Å²) in [6.45, 7) is 3.21. The zero-order valence-corrected chi connectivity index (χ0v) is 12.6. The molecular weight excluding hydrogens is 298 g/mol. The zero-order chi connectivity index (χ0) is 15.8. The molecule has 2 heterocycles. The second-order valence-corrected chi connectivity index (χ2v) is 6.59. The lowest BCUT2D eigenvalue weighted by atomic mass is 10.4. The van der Waals surface area contributed by atoms with E-state index in [1.165, 1.54) is 14.0 Å². The Morgan fingerprint density at radius 2 is 2.10 bits per heavy atom. The number of furan rings is 1. The van der Waals surface area contributed by atoms with Gasteiger partial charge in [-0.2, -0.15) is 9.40 Å². The highest BCUT2D eigenvalue weighted by atomic mass is 32.2. The van der Waals surface area contributed by atoms with Gasteiger partial charge >= 0.3 is 5.97 Å². The number of aromatic nitrogens is 2. The van der Waals surface area contributed by atoms with Crippen molar-refractivity contribution in [2.45, 2.75) is 25.3 Å². The first-order valence-electron chi connectivity index (χ1n) is 6.03. The van der Waals surface area contributed by atoms with Crippen molar-refractivity contribution < 1.29 is 22.7 Å². The molecule has 21 heavy (non-hydrogen) atoms. The van der Waals surface area contributed by atoms with Crippen LogP contribution >= 0.6 is 0 Å². The van der Waals surface area contributed by atoms with Gasteiger partial charge in [0, 0.05) is 7.05 Å². The Bertz CT molecular complexity index is 775.